The second kappa shape index (κ2) is 3.46. The summed E-state index contributed by atoms with van der Waals surface area (Å²) in [6.07, 6.45) is 0.725. The number of amides is 1. The summed E-state index contributed by atoms with van der Waals surface area (Å²) < 4.78 is 0. The van der Waals surface area contributed by atoms with E-state index in [0.717, 1.165) is 17.5 Å². The maximum atomic E-state index is 11.2. The maximum Gasteiger partial charge on any atom is 0.219 e. The van der Waals surface area contributed by atoms with Crippen LogP contribution in [0.15, 0.2) is 12.1 Å². The minimum absolute atomic E-state index is 0.0354. The molecular formula is C11H13NO3. The molecule has 15 heavy (non-hydrogen) atoms. The lowest BCUT2D eigenvalue weighted by Crippen LogP contribution is -2.34. The topological polar surface area (TPSA) is 60.8 Å². The van der Waals surface area contributed by atoms with Crippen molar-refractivity contribution in [2.45, 2.75) is 19.9 Å². The molecule has 1 heterocycles. The number of fused-ring (bicyclic) bond motifs is 1. The normalized spacial score (nSPS) is 14.9. The van der Waals surface area contributed by atoms with Gasteiger partial charge in [0.15, 0.2) is 11.5 Å². The van der Waals surface area contributed by atoms with E-state index in [2.05, 4.69) is 0 Å². The Hall–Kier alpha value is -1.71. The lowest BCUT2D eigenvalue weighted by atomic mass is 9.99. The van der Waals surface area contributed by atoms with E-state index in [-0.39, 0.29) is 17.4 Å². The van der Waals surface area contributed by atoms with Crippen LogP contribution in [0.5, 0.6) is 11.5 Å². The van der Waals surface area contributed by atoms with E-state index in [1.54, 1.807) is 11.0 Å². The largest absolute Gasteiger partial charge is 0.504 e. The van der Waals surface area contributed by atoms with Crippen LogP contribution in [0.25, 0.3) is 0 Å². The van der Waals surface area contributed by atoms with Gasteiger partial charge in [-0.2, -0.15) is 0 Å². The van der Waals surface area contributed by atoms with Crippen molar-refractivity contribution in [1.82, 2.24) is 4.90 Å². The third-order valence-electron chi connectivity index (χ3n) is 2.75. The van der Waals surface area contributed by atoms with E-state index in [1.807, 2.05) is 0 Å². The van der Waals surface area contributed by atoms with Crippen LogP contribution >= 0.6 is 0 Å². The number of nitrogens with zero attached hydrogens (tertiary/aromatic N) is 1. The molecule has 0 unspecified atom stereocenters. The lowest BCUT2D eigenvalue weighted by Gasteiger charge is -2.28. The first kappa shape index (κ1) is 9.83. The molecule has 0 spiro atoms. The van der Waals surface area contributed by atoms with Gasteiger partial charge in [-0.25, -0.2) is 0 Å². The number of hydrogen-bond donors (Lipinski definition) is 2. The molecule has 80 valence electrons. The van der Waals surface area contributed by atoms with E-state index in [1.165, 1.54) is 13.0 Å². The van der Waals surface area contributed by atoms with Gasteiger partial charge in [0, 0.05) is 20.0 Å². The Morgan fingerprint density at radius 1 is 1.27 bits per heavy atom. The highest BCUT2D eigenvalue weighted by atomic mass is 16.3. The van der Waals surface area contributed by atoms with Crippen LogP contribution in [0.4, 0.5) is 0 Å². The number of benzene rings is 1. The molecule has 4 nitrogen and oxygen atoms in total. The van der Waals surface area contributed by atoms with Gasteiger partial charge in [0.05, 0.1) is 0 Å². The molecule has 1 aliphatic rings. The van der Waals surface area contributed by atoms with Crippen LogP contribution in [-0.2, 0) is 17.8 Å². The van der Waals surface area contributed by atoms with Crippen molar-refractivity contribution >= 4 is 5.91 Å². The first-order valence-corrected chi connectivity index (χ1v) is 4.87. The number of phenols is 2. The molecule has 0 aliphatic carbocycles. The van der Waals surface area contributed by atoms with Crippen molar-refractivity contribution in [3.05, 3.63) is 23.3 Å². The Kier molecular flexibility index (Phi) is 2.26. The second-order valence-corrected chi connectivity index (χ2v) is 3.80. The van der Waals surface area contributed by atoms with Crippen LogP contribution in [0.3, 0.4) is 0 Å². The molecule has 0 bridgehead atoms. The van der Waals surface area contributed by atoms with Crippen LogP contribution in [-0.4, -0.2) is 27.6 Å². The van der Waals surface area contributed by atoms with Crippen LogP contribution in [0, 0.1) is 0 Å². The molecule has 2 N–H and O–H groups in total. The highest BCUT2D eigenvalue weighted by molar-refractivity contribution is 5.73. The second-order valence-electron chi connectivity index (χ2n) is 3.80. The predicted molar refractivity (Wildman–Crippen MR) is 54.6 cm³/mol. The van der Waals surface area contributed by atoms with E-state index in [0.29, 0.717) is 13.1 Å². The summed E-state index contributed by atoms with van der Waals surface area (Å²) in [5.74, 6) is -0.183. The molecular weight excluding hydrogens is 194 g/mol. The zero-order valence-electron chi connectivity index (χ0n) is 8.53. The van der Waals surface area contributed by atoms with Crippen molar-refractivity contribution in [3.63, 3.8) is 0 Å². The highest BCUT2D eigenvalue weighted by Crippen LogP contribution is 2.31. The molecule has 1 aliphatic heterocycles. The smallest absolute Gasteiger partial charge is 0.219 e. The Morgan fingerprint density at radius 3 is 2.47 bits per heavy atom. The van der Waals surface area contributed by atoms with Gasteiger partial charge in [0.25, 0.3) is 0 Å². The maximum absolute atomic E-state index is 11.2. The number of hydrogen-bond acceptors (Lipinski definition) is 3. The molecule has 1 amide bonds. The third-order valence-corrected chi connectivity index (χ3v) is 2.75. The van der Waals surface area contributed by atoms with Crippen LogP contribution < -0.4 is 0 Å². The van der Waals surface area contributed by atoms with Crippen LogP contribution in [0.1, 0.15) is 18.1 Å². The Labute approximate surface area is 87.8 Å². The van der Waals surface area contributed by atoms with Gasteiger partial charge < -0.3 is 15.1 Å². The van der Waals surface area contributed by atoms with Crippen LogP contribution in [0.2, 0.25) is 0 Å². The summed E-state index contributed by atoms with van der Waals surface area (Å²) >= 11 is 0. The molecule has 0 atom stereocenters. The molecule has 0 aromatic heterocycles. The molecule has 1 aromatic rings. The standard InChI is InChI=1S/C11H13NO3/c1-7(13)12-3-2-8-4-10(14)11(15)5-9(8)6-12/h4-5,14-15H,2-3,6H2,1H3. The zero-order valence-corrected chi connectivity index (χ0v) is 8.53. The summed E-state index contributed by atoms with van der Waals surface area (Å²) in [5.41, 5.74) is 1.91. The summed E-state index contributed by atoms with van der Waals surface area (Å²) in [4.78, 5) is 12.9. The number of rotatable bonds is 0. The number of carbonyl (C=O) groups is 1. The first-order valence-electron chi connectivity index (χ1n) is 4.87. The van der Waals surface area contributed by atoms with Gasteiger partial charge in [0.1, 0.15) is 0 Å². The summed E-state index contributed by atoms with van der Waals surface area (Å²) in [6.45, 7) is 2.72. The van der Waals surface area contributed by atoms with Crippen molar-refractivity contribution in [3.8, 4) is 11.5 Å². The van der Waals surface area contributed by atoms with Gasteiger partial charge in [-0.1, -0.05) is 0 Å². The fourth-order valence-corrected chi connectivity index (χ4v) is 1.85. The van der Waals surface area contributed by atoms with E-state index < -0.39 is 0 Å². The fraction of sp³-hybridized carbons (Fsp3) is 0.364. The van der Waals surface area contributed by atoms with Gasteiger partial charge in [-0.05, 0) is 29.7 Å². The van der Waals surface area contributed by atoms with Crippen molar-refractivity contribution in [1.29, 1.82) is 0 Å². The van der Waals surface area contributed by atoms with Gasteiger partial charge in [0.2, 0.25) is 5.91 Å². The van der Waals surface area contributed by atoms with Gasteiger partial charge in [-0.15, -0.1) is 0 Å². The summed E-state index contributed by atoms with van der Waals surface area (Å²) in [5, 5.41) is 18.7. The van der Waals surface area contributed by atoms with E-state index in [9.17, 15) is 15.0 Å². The lowest BCUT2D eigenvalue weighted by molar-refractivity contribution is -0.129. The first-order chi connectivity index (χ1) is 7.08. The number of phenolic OH excluding ortho intramolecular Hbond substituents is 2. The molecule has 1 aromatic carbocycles. The highest BCUT2D eigenvalue weighted by Gasteiger charge is 2.19. The van der Waals surface area contributed by atoms with Crippen molar-refractivity contribution in [2.75, 3.05) is 6.54 Å². The average molecular weight is 207 g/mol. The van der Waals surface area contributed by atoms with Gasteiger partial charge >= 0.3 is 0 Å². The zero-order chi connectivity index (χ0) is 11.0. The average Bonchev–Trinajstić information content (AvgIpc) is 2.19. The minimum atomic E-state index is -0.126. The Bertz CT molecular complexity index is 415. The molecule has 0 fully saturated rings. The summed E-state index contributed by atoms with van der Waals surface area (Å²) in [6, 6.07) is 3.10. The van der Waals surface area contributed by atoms with Gasteiger partial charge in [-0.3, -0.25) is 4.79 Å². The SMILES string of the molecule is CC(=O)N1CCc2cc(O)c(O)cc2C1. The monoisotopic (exact) mass is 207 g/mol. The number of aromatic hydroxyl groups is 2. The molecule has 4 heteroatoms. The minimum Gasteiger partial charge on any atom is -0.504 e. The third kappa shape index (κ3) is 1.75. The summed E-state index contributed by atoms with van der Waals surface area (Å²) in [7, 11) is 0. The Balaban J connectivity index is 2.34. The van der Waals surface area contributed by atoms with E-state index >= 15 is 0 Å². The van der Waals surface area contributed by atoms with E-state index in [4.69, 9.17) is 0 Å². The molecule has 2 rings (SSSR count). The van der Waals surface area contributed by atoms with Crippen molar-refractivity contribution in [2.24, 2.45) is 0 Å². The Morgan fingerprint density at radius 2 is 1.87 bits per heavy atom. The molecule has 0 saturated carbocycles. The predicted octanol–water partition coefficient (Wildman–Crippen LogP) is 1.00. The molecule has 0 saturated heterocycles. The fourth-order valence-electron chi connectivity index (χ4n) is 1.85. The van der Waals surface area contributed by atoms with Crippen molar-refractivity contribution < 1.29 is 15.0 Å². The quantitative estimate of drug-likeness (QED) is 0.624. The molecule has 0 radical (unpaired) electrons. The number of carbonyl (C=O) groups excluding carboxylic acids is 1.